The van der Waals surface area contributed by atoms with Crippen LogP contribution in [0.1, 0.15) is 57.9 Å². The topological polar surface area (TPSA) is 58.6 Å². The summed E-state index contributed by atoms with van der Waals surface area (Å²) in [5, 5.41) is 3.05. The van der Waals surface area contributed by atoms with Crippen LogP contribution in [0.3, 0.4) is 0 Å². The van der Waals surface area contributed by atoms with E-state index in [9.17, 15) is 9.59 Å². The van der Waals surface area contributed by atoms with Gasteiger partial charge in [0.15, 0.2) is 0 Å². The van der Waals surface area contributed by atoms with Crippen LogP contribution in [-0.4, -0.2) is 43.0 Å². The van der Waals surface area contributed by atoms with Gasteiger partial charge in [-0.05, 0) is 43.9 Å². The number of rotatable bonds is 10. The lowest BCUT2D eigenvalue weighted by Gasteiger charge is -2.32. The van der Waals surface area contributed by atoms with Gasteiger partial charge in [0.25, 0.3) is 0 Å². The maximum atomic E-state index is 12.6. The van der Waals surface area contributed by atoms with Crippen LogP contribution >= 0.6 is 0 Å². The van der Waals surface area contributed by atoms with Crippen molar-refractivity contribution in [2.45, 2.75) is 58.8 Å². The van der Waals surface area contributed by atoms with Crippen molar-refractivity contribution in [2.24, 2.45) is 5.92 Å². The van der Waals surface area contributed by atoms with Crippen molar-refractivity contribution in [1.82, 2.24) is 10.2 Å². The van der Waals surface area contributed by atoms with Crippen molar-refractivity contribution >= 4 is 11.8 Å². The predicted molar refractivity (Wildman–Crippen MR) is 108 cm³/mol. The summed E-state index contributed by atoms with van der Waals surface area (Å²) in [7, 11) is 0. The summed E-state index contributed by atoms with van der Waals surface area (Å²) < 4.78 is 5.44. The summed E-state index contributed by atoms with van der Waals surface area (Å²) in [5.74, 6) is 0.946. The van der Waals surface area contributed by atoms with Crippen LogP contribution in [0.5, 0.6) is 5.75 Å². The summed E-state index contributed by atoms with van der Waals surface area (Å²) in [5.41, 5.74) is 0.978. The number of carbonyl (C=O) groups is 2. The van der Waals surface area contributed by atoms with Crippen LogP contribution in [0.25, 0.3) is 0 Å². The average Bonchev–Trinajstić information content (AvgIpc) is 2.69. The monoisotopic (exact) mass is 374 g/mol. The molecule has 0 aromatic heterocycles. The lowest BCUT2D eigenvalue weighted by Crippen LogP contribution is -2.46. The van der Waals surface area contributed by atoms with Gasteiger partial charge in [0.1, 0.15) is 5.75 Å². The Morgan fingerprint density at radius 2 is 1.93 bits per heavy atom. The predicted octanol–water partition coefficient (Wildman–Crippen LogP) is 3.56. The van der Waals surface area contributed by atoms with Gasteiger partial charge in [0, 0.05) is 19.6 Å². The summed E-state index contributed by atoms with van der Waals surface area (Å²) in [6, 6.07) is 7.68. The Bertz CT molecular complexity index is 586. The normalized spacial score (nSPS) is 16.8. The van der Waals surface area contributed by atoms with Crippen molar-refractivity contribution in [3.05, 3.63) is 29.8 Å². The molecule has 150 valence electrons. The highest BCUT2D eigenvalue weighted by Gasteiger charge is 2.28. The minimum Gasteiger partial charge on any atom is -0.494 e. The third-order valence-electron chi connectivity index (χ3n) is 5.06. The molecule has 1 saturated heterocycles. The molecule has 5 nitrogen and oxygen atoms in total. The number of hydrogen-bond donors (Lipinski definition) is 1. The number of carbonyl (C=O) groups excluding carboxylic acids is 2. The number of nitrogens with one attached hydrogen (secondary N) is 1. The number of piperidine rings is 1. The Morgan fingerprint density at radius 1 is 1.15 bits per heavy atom. The first kappa shape index (κ1) is 21.3. The highest BCUT2D eigenvalue weighted by atomic mass is 16.5. The van der Waals surface area contributed by atoms with Crippen molar-refractivity contribution in [1.29, 1.82) is 0 Å². The largest absolute Gasteiger partial charge is 0.494 e. The molecule has 0 spiro atoms. The molecule has 1 aliphatic rings. The zero-order valence-electron chi connectivity index (χ0n) is 16.8. The molecule has 0 bridgehead atoms. The Balaban J connectivity index is 1.78. The summed E-state index contributed by atoms with van der Waals surface area (Å²) in [6.07, 6.45) is 6.74. The van der Waals surface area contributed by atoms with E-state index in [0.29, 0.717) is 19.6 Å². The number of hydrogen-bond acceptors (Lipinski definition) is 3. The van der Waals surface area contributed by atoms with Crippen molar-refractivity contribution in [3.8, 4) is 5.75 Å². The average molecular weight is 375 g/mol. The second kappa shape index (κ2) is 11.6. The van der Waals surface area contributed by atoms with Crippen LogP contribution in [0.15, 0.2) is 24.3 Å². The van der Waals surface area contributed by atoms with Gasteiger partial charge in [0.05, 0.1) is 18.9 Å². The second-order valence-corrected chi connectivity index (χ2v) is 7.28. The SMILES string of the molecule is CCCCCCNC(=O)C1CCCN(C(=O)Cc2ccc(OCC)cc2)C1. The van der Waals surface area contributed by atoms with Crippen LogP contribution in [0.2, 0.25) is 0 Å². The first-order chi connectivity index (χ1) is 13.1. The summed E-state index contributed by atoms with van der Waals surface area (Å²) >= 11 is 0. The maximum absolute atomic E-state index is 12.6. The smallest absolute Gasteiger partial charge is 0.227 e. The molecule has 1 heterocycles. The van der Waals surface area contributed by atoms with Gasteiger partial charge in [-0.25, -0.2) is 0 Å². The number of nitrogens with zero attached hydrogens (tertiary/aromatic N) is 1. The highest BCUT2D eigenvalue weighted by Crippen LogP contribution is 2.19. The lowest BCUT2D eigenvalue weighted by molar-refractivity contribution is -0.135. The summed E-state index contributed by atoms with van der Waals surface area (Å²) in [6.45, 7) is 6.79. The van der Waals surface area contributed by atoms with E-state index < -0.39 is 0 Å². The lowest BCUT2D eigenvalue weighted by atomic mass is 9.96. The third-order valence-corrected chi connectivity index (χ3v) is 5.06. The Kier molecular flexibility index (Phi) is 9.16. The Labute approximate surface area is 163 Å². The zero-order valence-corrected chi connectivity index (χ0v) is 16.8. The van der Waals surface area contributed by atoms with E-state index >= 15 is 0 Å². The molecule has 2 rings (SSSR count). The van der Waals surface area contributed by atoms with Gasteiger partial charge in [-0.15, -0.1) is 0 Å². The molecule has 0 saturated carbocycles. The van der Waals surface area contributed by atoms with E-state index in [0.717, 1.165) is 50.1 Å². The molecule has 1 N–H and O–H groups in total. The van der Waals surface area contributed by atoms with Crippen molar-refractivity contribution < 1.29 is 14.3 Å². The van der Waals surface area contributed by atoms with Gasteiger partial charge in [-0.3, -0.25) is 9.59 Å². The Morgan fingerprint density at radius 3 is 2.63 bits per heavy atom. The van der Waals surface area contributed by atoms with Gasteiger partial charge < -0.3 is 15.0 Å². The number of unbranched alkanes of at least 4 members (excludes halogenated alkanes) is 3. The number of amides is 2. The fourth-order valence-corrected chi connectivity index (χ4v) is 3.48. The van der Waals surface area contributed by atoms with Crippen molar-refractivity contribution in [3.63, 3.8) is 0 Å². The maximum Gasteiger partial charge on any atom is 0.227 e. The highest BCUT2D eigenvalue weighted by molar-refractivity contribution is 5.82. The van der Waals surface area contributed by atoms with E-state index in [2.05, 4.69) is 12.2 Å². The number of ether oxygens (including phenoxy) is 1. The van der Waals surface area contributed by atoms with Crippen LogP contribution in [0.4, 0.5) is 0 Å². The second-order valence-electron chi connectivity index (χ2n) is 7.28. The molecule has 0 radical (unpaired) electrons. The molecule has 2 amide bonds. The molecule has 0 aliphatic carbocycles. The first-order valence-electron chi connectivity index (χ1n) is 10.4. The molecular weight excluding hydrogens is 340 g/mol. The van der Waals surface area contributed by atoms with Gasteiger partial charge in [-0.2, -0.15) is 0 Å². The third kappa shape index (κ3) is 7.24. The molecule has 1 atom stereocenters. The Hall–Kier alpha value is -2.04. The van der Waals surface area contributed by atoms with Gasteiger partial charge >= 0.3 is 0 Å². The van der Waals surface area contributed by atoms with E-state index in [-0.39, 0.29) is 17.7 Å². The van der Waals surface area contributed by atoms with E-state index in [1.165, 1.54) is 12.8 Å². The number of likely N-dealkylation sites (tertiary alicyclic amines) is 1. The standard InChI is InChI=1S/C22H34N2O3/c1-3-5-6-7-14-23-22(26)19-9-8-15-24(17-19)21(25)16-18-10-12-20(13-11-18)27-4-2/h10-13,19H,3-9,14-17H2,1-2H3,(H,23,26). The molecular formula is C22H34N2O3. The molecule has 5 heteroatoms. The fraction of sp³-hybridized carbons (Fsp3) is 0.636. The minimum absolute atomic E-state index is 0.0748. The molecule has 1 fully saturated rings. The van der Waals surface area contributed by atoms with Gasteiger partial charge in [0.2, 0.25) is 11.8 Å². The van der Waals surface area contributed by atoms with E-state index in [1.54, 1.807) is 0 Å². The molecule has 1 unspecified atom stereocenters. The quantitative estimate of drug-likeness (QED) is 0.637. The minimum atomic E-state index is -0.0748. The van der Waals surface area contributed by atoms with E-state index in [4.69, 9.17) is 4.74 Å². The zero-order chi connectivity index (χ0) is 19.5. The van der Waals surface area contributed by atoms with Gasteiger partial charge in [-0.1, -0.05) is 38.3 Å². The van der Waals surface area contributed by atoms with E-state index in [1.807, 2.05) is 36.1 Å². The van der Waals surface area contributed by atoms with Crippen LogP contribution in [-0.2, 0) is 16.0 Å². The fourth-order valence-electron chi connectivity index (χ4n) is 3.48. The van der Waals surface area contributed by atoms with Crippen LogP contribution in [0, 0.1) is 5.92 Å². The molecule has 1 aromatic carbocycles. The van der Waals surface area contributed by atoms with Crippen molar-refractivity contribution in [2.75, 3.05) is 26.2 Å². The first-order valence-corrected chi connectivity index (χ1v) is 10.4. The molecule has 1 aliphatic heterocycles. The summed E-state index contributed by atoms with van der Waals surface area (Å²) in [4.78, 5) is 26.9. The number of benzene rings is 1. The molecule has 27 heavy (non-hydrogen) atoms. The molecule has 1 aromatic rings. The van der Waals surface area contributed by atoms with Crippen LogP contribution < -0.4 is 10.1 Å².